The van der Waals surface area contributed by atoms with Gasteiger partial charge in [-0.25, -0.2) is 0 Å². The summed E-state index contributed by atoms with van der Waals surface area (Å²) in [6.45, 7) is 7.47. The number of hydrogen-bond donors (Lipinski definition) is 1. The highest BCUT2D eigenvalue weighted by Crippen LogP contribution is 2.23. The number of aryl methyl sites for hydroxylation is 1. The van der Waals surface area contributed by atoms with Gasteiger partial charge in [-0.2, -0.15) is 0 Å². The van der Waals surface area contributed by atoms with Crippen molar-refractivity contribution < 1.29 is 13.9 Å². The average molecular weight is 304 g/mol. The summed E-state index contributed by atoms with van der Waals surface area (Å²) in [5, 5.41) is 2.94. The lowest BCUT2D eigenvalue weighted by molar-refractivity contribution is -0.116. The molecule has 5 heteroatoms. The number of nitrogens with zero attached hydrogens (tertiary/aromatic N) is 1. The lowest BCUT2D eigenvalue weighted by atomic mass is 10.1. The van der Waals surface area contributed by atoms with Crippen LogP contribution in [0.2, 0.25) is 0 Å². The van der Waals surface area contributed by atoms with Crippen LogP contribution in [0.1, 0.15) is 24.5 Å². The Labute approximate surface area is 131 Å². The van der Waals surface area contributed by atoms with Gasteiger partial charge >= 0.3 is 0 Å². The van der Waals surface area contributed by atoms with Gasteiger partial charge in [-0.3, -0.25) is 9.69 Å². The van der Waals surface area contributed by atoms with Crippen molar-refractivity contribution in [3.05, 3.63) is 48.0 Å². The number of amides is 1. The molecule has 1 N–H and O–H groups in total. The van der Waals surface area contributed by atoms with Crippen LogP contribution >= 0.6 is 0 Å². The lowest BCUT2D eigenvalue weighted by Crippen LogP contribution is -2.43. The average Bonchev–Trinajstić information content (AvgIpc) is 2.95. The first-order valence-electron chi connectivity index (χ1n) is 7.66. The summed E-state index contributed by atoms with van der Waals surface area (Å²) < 4.78 is 11.2. The van der Waals surface area contributed by atoms with Crippen LogP contribution in [0.4, 0.5) is 0 Å². The van der Waals surface area contributed by atoms with Crippen LogP contribution in [-0.2, 0) is 9.53 Å². The molecule has 0 bridgehead atoms. The first-order valence-corrected chi connectivity index (χ1v) is 7.66. The summed E-state index contributed by atoms with van der Waals surface area (Å²) in [5.41, 5.74) is 0. The Kier molecular flexibility index (Phi) is 6.43. The summed E-state index contributed by atoms with van der Waals surface area (Å²) in [6.07, 6.45) is 6.97. The number of allylic oxidation sites excluding steroid dienone is 3. The van der Waals surface area contributed by atoms with E-state index in [0.717, 1.165) is 24.6 Å². The normalized spacial score (nSPS) is 18.1. The second kappa shape index (κ2) is 8.56. The third kappa shape index (κ3) is 4.86. The molecule has 0 aromatic carbocycles. The Morgan fingerprint density at radius 1 is 1.36 bits per heavy atom. The van der Waals surface area contributed by atoms with E-state index in [-0.39, 0.29) is 11.9 Å². The van der Waals surface area contributed by atoms with Gasteiger partial charge < -0.3 is 14.5 Å². The van der Waals surface area contributed by atoms with Crippen LogP contribution in [0.5, 0.6) is 0 Å². The number of hydrogen-bond acceptors (Lipinski definition) is 4. The van der Waals surface area contributed by atoms with Gasteiger partial charge in [0, 0.05) is 25.7 Å². The van der Waals surface area contributed by atoms with Gasteiger partial charge in [0.05, 0.1) is 19.3 Å². The highest BCUT2D eigenvalue weighted by atomic mass is 16.5. The number of morpholine rings is 1. The van der Waals surface area contributed by atoms with Gasteiger partial charge in [0.2, 0.25) is 5.91 Å². The third-order valence-corrected chi connectivity index (χ3v) is 3.60. The van der Waals surface area contributed by atoms with Gasteiger partial charge in [0.1, 0.15) is 11.5 Å². The smallest absolute Gasteiger partial charge is 0.244 e. The summed E-state index contributed by atoms with van der Waals surface area (Å²) in [7, 11) is 0. The minimum absolute atomic E-state index is 0.0386. The van der Waals surface area contributed by atoms with E-state index in [0.29, 0.717) is 19.8 Å². The fourth-order valence-corrected chi connectivity index (χ4v) is 2.44. The highest BCUT2D eigenvalue weighted by molar-refractivity contribution is 5.87. The first-order chi connectivity index (χ1) is 10.7. The third-order valence-electron chi connectivity index (χ3n) is 3.60. The van der Waals surface area contributed by atoms with Gasteiger partial charge in [-0.05, 0) is 26.0 Å². The van der Waals surface area contributed by atoms with Crippen LogP contribution in [0, 0.1) is 6.92 Å². The van der Waals surface area contributed by atoms with Crippen molar-refractivity contribution >= 4 is 5.91 Å². The predicted molar refractivity (Wildman–Crippen MR) is 85.5 cm³/mol. The summed E-state index contributed by atoms with van der Waals surface area (Å²) in [4.78, 5) is 14.1. The zero-order chi connectivity index (χ0) is 15.8. The van der Waals surface area contributed by atoms with Crippen LogP contribution in [0.25, 0.3) is 0 Å². The van der Waals surface area contributed by atoms with Crippen LogP contribution < -0.4 is 5.32 Å². The van der Waals surface area contributed by atoms with Crippen LogP contribution in [0.15, 0.2) is 40.9 Å². The number of furan rings is 1. The molecule has 1 saturated heterocycles. The van der Waals surface area contributed by atoms with E-state index in [1.54, 1.807) is 6.08 Å². The van der Waals surface area contributed by atoms with Crippen molar-refractivity contribution in [3.63, 3.8) is 0 Å². The minimum atomic E-state index is -0.0976. The van der Waals surface area contributed by atoms with Crippen molar-refractivity contribution in [2.24, 2.45) is 0 Å². The molecule has 0 spiro atoms. The minimum Gasteiger partial charge on any atom is -0.465 e. The quantitative estimate of drug-likeness (QED) is 0.647. The number of ether oxygens (including phenoxy) is 1. The molecule has 0 saturated carbocycles. The summed E-state index contributed by atoms with van der Waals surface area (Å²) in [5.74, 6) is 1.67. The molecule has 1 atom stereocenters. The van der Waals surface area contributed by atoms with E-state index in [1.807, 2.05) is 38.1 Å². The van der Waals surface area contributed by atoms with Crippen molar-refractivity contribution in [2.75, 3.05) is 32.8 Å². The van der Waals surface area contributed by atoms with Gasteiger partial charge in [0.25, 0.3) is 0 Å². The predicted octanol–water partition coefficient (Wildman–Crippen LogP) is 2.21. The Hall–Kier alpha value is -1.85. The standard InChI is InChI=1S/C17H24N2O3/c1-3-4-5-6-17(20)18-13-15(16-8-7-14(2)22-16)19-9-11-21-12-10-19/h3-8,15H,9-13H2,1-2H3,(H,18,20)/b4-3+,6-5+. The Morgan fingerprint density at radius 2 is 2.14 bits per heavy atom. The first kappa shape index (κ1) is 16.5. The number of carbonyl (C=O) groups excluding carboxylic acids is 1. The molecule has 0 radical (unpaired) electrons. The van der Waals surface area contributed by atoms with E-state index < -0.39 is 0 Å². The van der Waals surface area contributed by atoms with E-state index in [1.165, 1.54) is 6.08 Å². The zero-order valence-corrected chi connectivity index (χ0v) is 13.2. The second-order valence-corrected chi connectivity index (χ2v) is 5.24. The molecule has 5 nitrogen and oxygen atoms in total. The summed E-state index contributed by atoms with van der Waals surface area (Å²) in [6, 6.07) is 3.98. The monoisotopic (exact) mass is 304 g/mol. The van der Waals surface area contributed by atoms with Crippen molar-refractivity contribution in [3.8, 4) is 0 Å². The van der Waals surface area contributed by atoms with Crippen molar-refractivity contribution in [1.82, 2.24) is 10.2 Å². The number of carbonyl (C=O) groups is 1. The Balaban J connectivity index is 1.99. The molecule has 1 aromatic rings. The van der Waals surface area contributed by atoms with Crippen molar-refractivity contribution in [2.45, 2.75) is 19.9 Å². The molecule has 22 heavy (non-hydrogen) atoms. The fourth-order valence-electron chi connectivity index (χ4n) is 2.44. The van der Waals surface area contributed by atoms with Gasteiger partial charge in [-0.15, -0.1) is 0 Å². The maximum Gasteiger partial charge on any atom is 0.244 e. The molecule has 1 aromatic heterocycles. The molecular weight excluding hydrogens is 280 g/mol. The Morgan fingerprint density at radius 3 is 2.77 bits per heavy atom. The molecule has 1 fully saturated rings. The molecule has 1 aliphatic rings. The maximum atomic E-state index is 11.8. The van der Waals surface area contributed by atoms with Gasteiger partial charge in [-0.1, -0.05) is 18.2 Å². The zero-order valence-electron chi connectivity index (χ0n) is 13.2. The molecule has 0 aliphatic carbocycles. The molecule has 1 unspecified atom stereocenters. The molecule has 1 aliphatic heterocycles. The topological polar surface area (TPSA) is 54.7 Å². The van der Waals surface area contributed by atoms with Gasteiger partial charge in [0.15, 0.2) is 0 Å². The van der Waals surface area contributed by atoms with E-state index in [2.05, 4.69) is 10.2 Å². The largest absolute Gasteiger partial charge is 0.465 e. The summed E-state index contributed by atoms with van der Waals surface area (Å²) >= 11 is 0. The van der Waals surface area contributed by atoms with Crippen LogP contribution in [-0.4, -0.2) is 43.7 Å². The molecular formula is C17H24N2O3. The molecule has 2 rings (SSSR count). The van der Waals surface area contributed by atoms with Crippen molar-refractivity contribution in [1.29, 1.82) is 0 Å². The Bertz CT molecular complexity index is 528. The second-order valence-electron chi connectivity index (χ2n) is 5.24. The van der Waals surface area contributed by atoms with E-state index in [9.17, 15) is 4.79 Å². The maximum absolute atomic E-state index is 11.8. The fraction of sp³-hybridized carbons (Fsp3) is 0.471. The highest BCUT2D eigenvalue weighted by Gasteiger charge is 2.25. The number of rotatable bonds is 6. The molecule has 2 heterocycles. The lowest BCUT2D eigenvalue weighted by Gasteiger charge is -2.33. The van der Waals surface area contributed by atoms with E-state index >= 15 is 0 Å². The molecule has 1 amide bonds. The van der Waals surface area contributed by atoms with E-state index in [4.69, 9.17) is 9.15 Å². The number of nitrogens with one attached hydrogen (secondary N) is 1. The van der Waals surface area contributed by atoms with Crippen LogP contribution in [0.3, 0.4) is 0 Å². The SMILES string of the molecule is C/C=C/C=C/C(=O)NCC(c1ccc(C)o1)N1CCOCC1. The molecule has 120 valence electrons.